The number of carbonyl (C=O) groups is 2. The molecule has 396 valence electrons. The highest BCUT2D eigenvalue weighted by molar-refractivity contribution is 5.76. The molecular formula is C61H117NO5. The Labute approximate surface area is 418 Å². The van der Waals surface area contributed by atoms with Crippen LogP contribution in [0.25, 0.3) is 0 Å². The third kappa shape index (κ3) is 53.5. The molecule has 0 rings (SSSR count). The third-order valence-corrected chi connectivity index (χ3v) is 14.0. The molecule has 0 aromatic rings. The van der Waals surface area contributed by atoms with Crippen molar-refractivity contribution in [3.8, 4) is 0 Å². The summed E-state index contributed by atoms with van der Waals surface area (Å²) in [5, 5.41) is 23.2. The first-order valence-corrected chi connectivity index (χ1v) is 30.1. The van der Waals surface area contributed by atoms with E-state index in [1.165, 1.54) is 250 Å². The van der Waals surface area contributed by atoms with Crippen LogP contribution in [0, 0.1) is 0 Å². The molecule has 0 spiro atoms. The lowest BCUT2D eigenvalue weighted by atomic mass is 10.0. The Hall–Kier alpha value is -1.66. The second-order valence-electron chi connectivity index (χ2n) is 20.7. The molecule has 0 aliphatic heterocycles. The minimum absolute atomic E-state index is 0.0114. The molecule has 0 saturated heterocycles. The van der Waals surface area contributed by atoms with Gasteiger partial charge in [0.2, 0.25) is 5.91 Å². The first-order valence-electron chi connectivity index (χ1n) is 30.1. The fourth-order valence-electron chi connectivity index (χ4n) is 9.38. The molecule has 0 aromatic heterocycles. The molecular weight excluding hydrogens is 827 g/mol. The largest absolute Gasteiger partial charge is 0.466 e. The standard InChI is InChI=1S/C61H117NO5/c1-3-5-7-9-11-13-15-16-31-35-39-43-47-51-55-61(66)67-56-52-48-44-40-36-32-29-27-25-23-21-19-17-18-20-22-24-26-28-30-34-38-42-46-50-54-60(65)62-58(57-63)59(64)53-49-45-41-37-33-14-12-10-8-6-4-2/h18-21,58-59,63-64H,3-17,22-57H2,1-2H3,(H,62,65)/b20-18-,21-19-. The van der Waals surface area contributed by atoms with Crippen molar-refractivity contribution in [2.75, 3.05) is 13.2 Å². The maximum Gasteiger partial charge on any atom is 0.305 e. The highest BCUT2D eigenvalue weighted by Crippen LogP contribution is 2.17. The van der Waals surface area contributed by atoms with Crippen LogP contribution < -0.4 is 5.32 Å². The van der Waals surface area contributed by atoms with Gasteiger partial charge in [-0.05, 0) is 57.8 Å². The van der Waals surface area contributed by atoms with Gasteiger partial charge >= 0.3 is 5.97 Å². The zero-order valence-electron chi connectivity index (χ0n) is 45.1. The maximum atomic E-state index is 12.4. The normalized spacial score (nSPS) is 12.7. The number of ether oxygens (including phenoxy) is 1. The van der Waals surface area contributed by atoms with Gasteiger partial charge in [0.1, 0.15) is 0 Å². The van der Waals surface area contributed by atoms with E-state index < -0.39 is 12.1 Å². The van der Waals surface area contributed by atoms with Crippen LogP contribution in [-0.4, -0.2) is 47.4 Å². The van der Waals surface area contributed by atoms with E-state index >= 15 is 0 Å². The Balaban J connectivity index is 3.41. The Morgan fingerprint density at radius 3 is 1.13 bits per heavy atom. The van der Waals surface area contributed by atoms with Crippen LogP contribution in [-0.2, 0) is 14.3 Å². The van der Waals surface area contributed by atoms with E-state index in [2.05, 4.69) is 43.5 Å². The quantitative estimate of drug-likeness (QED) is 0.0321. The Bertz CT molecular complexity index is 1040. The minimum Gasteiger partial charge on any atom is -0.466 e. The van der Waals surface area contributed by atoms with Crippen LogP contribution in [0.1, 0.15) is 328 Å². The molecule has 2 unspecified atom stereocenters. The van der Waals surface area contributed by atoms with Crippen LogP contribution in [0.4, 0.5) is 0 Å². The summed E-state index contributed by atoms with van der Waals surface area (Å²) in [4.78, 5) is 24.5. The Morgan fingerprint density at radius 1 is 0.418 bits per heavy atom. The number of unbranched alkanes of at least 4 members (excludes halogenated alkanes) is 41. The molecule has 6 heteroatoms. The van der Waals surface area contributed by atoms with Crippen molar-refractivity contribution >= 4 is 11.9 Å². The van der Waals surface area contributed by atoms with E-state index in [1.807, 2.05) is 0 Å². The number of aliphatic hydroxyl groups is 2. The van der Waals surface area contributed by atoms with Gasteiger partial charge < -0.3 is 20.3 Å². The van der Waals surface area contributed by atoms with Gasteiger partial charge in [-0.15, -0.1) is 0 Å². The van der Waals surface area contributed by atoms with E-state index in [0.717, 1.165) is 44.9 Å². The smallest absolute Gasteiger partial charge is 0.305 e. The van der Waals surface area contributed by atoms with Gasteiger partial charge in [0.15, 0.2) is 0 Å². The van der Waals surface area contributed by atoms with Gasteiger partial charge in [-0.3, -0.25) is 9.59 Å². The average Bonchev–Trinajstić information content (AvgIpc) is 3.33. The van der Waals surface area contributed by atoms with Crippen LogP contribution in [0.5, 0.6) is 0 Å². The number of aliphatic hydroxyl groups excluding tert-OH is 2. The highest BCUT2D eigenvalue weighted by atomic mass is 16.5. The Kier molecular flexibility index (Phi) is 55.5. The lowest BCUT2D eigenvalue weighted by molar-refractivity contribution is -0.143. The SMILES string of the molecule is CCCCCCCCCCCCCCCCC(=O)OCCCCCCCCCCC/C=C\C/C=C\CCCCCCCCCCCC(=O)NC(CO)C(O)CCCCCCCCCCCCC. The number of hydrogen-bond acceptors (Lipinski definition) is 5. The molecule has 0 aliphatic rings. The van der Waals surface area contributed by atoms with Gasteiger partial charge in [0, 0.05) is 12.8 Å². The van der Waals surface area contributed by atoms with Gasteiger partial charge in [0.25, 0.3) is 0 Å². The number of amides is 1. The van der Waals surface area contributed by atoms with Crippen LogP contribution in [0.2, 0.25) is 0 Å². The van der Waals surface area contributed by atoms with E-state index in [-0.39, 0.29) is 18.5 Å². The number of carbonyl (C=O) groups excluding carboxylic acids is 2. The fourth-order valence-corrected chi connectivity index (χ4v) is 9.38. The van der Waals surface area contributed by atoms with Crippen molar-refractivity contribution in [2.45, 2.75) is 341 Å². The number of rotatable bonds is 56. The summed E-state index contributed by atoms with van der Waals surface area (Å²) in [6.45, 7) is 4.95. The molecule has 6 nitrogen and oxygen atoms in total. The molecule has 2 atom stereocenters. The van der Waals surface area contributed by atoms with E-state index in [1.54, 1.807) is 0 Å². The molecule has 3 N–H and O–H groups in total. The molecule has 0 radical (unpaired) electrons. The molecule has 0 aliphatic carbocycles. The molecule has 0 aromatic carbocycles. The number of hydrogen-bond donors (Lipinski definition) is 3. The second kappa shape index (κ2) is 56.9. The molecule has 0 fully saturated rings. The Morgan fingerprint density at radius 2 is 0.746 bits per heavy atom. The second-order valence-corrected chi connectivity index (χ2v) is 20.7. The summed E-state index contributed by atoms with van der Waals surface area (Å²) in [5.41, 5.74) is 0. The predicted octanol–water partition coefficient (Wildman–Crippen LogP) is 18.6. The predicted molar refractivity (Wildman–Crippen MR) is 292 cm³/mol. The lowest BCUT2D eigenvalue weighted by Crippen LogP contribution is -2.45. The summed E-state index contributed by atoms with van der Waals surface area (Å²) >= 11 is 0. The zero-order chi connectivity index (χ0) is 48.6. The number of esters is 1. The van der Waals surface area contributed by atoms with Crippen molar-refractivity contribution in [3.05, 3.63) is 24.3 Å². The zero-order valence-corrected chi connectivity index (χ0v) is 45.1. The minimum atomic E-state index is -0.666. The third-order valence-electron chi connectivity index (χ3n) is 14.0. The van der Waals surface area contributed by atoms with E-state index in [0.29, 0.717) is 25.9 Å². The van der Waals surface area contributed by atoms with Crippen molar-refractivity contribution < 1.29 is 24.5 Å². The van der Waals surface area contributed by atoms with Crippen molar-refractivity contribution in [1.82, 2.24) is 5.32 Å². The number of allylic oxidation sites excluding steroid dienone is 4. The summed E-state index contributed by atoms with van der Waals surface area (Å²) in [6.07, 6.45) is 69.0. The van der Waals surface area contributed by atoms with Gasteiger partial charge in [-0.25, -0.2) is 0 Å². The maximum absolute atomic E-state index is 12.4. The van der Waals surface area contributed by atoms with Gasteiger partial charge in [-0.1, -0.05) is 282 Å². The summed E-state index contributed by atoms with van der Waals surface area (Å²) in [5.74, 6) is -0.0300. The van der Waals surface area contributed by atoms with Crippen molar-refractivity contribution in [1.29, 1.82) is 0 Å². The van der Waals surface area contributed by atoms with Gasteiger partial charge in [0.05, 0.1) is 25.4 Å². The van der Waals surface area contributed by atoms with Crippen molar-refractivity contribution in [3.63, 3.8) is 0 Å². The summed E-state index contributed by atoms with van der Waals surface area (Å²) < 4.78 is 5.48. The monoisotopic (exact) mass is 944 g/mol. The van der Waals surface area contributed by atoms with Crippen LogP contribution in [0.3, 0.4) is 0 Å². The molecule has 1 amide bonds. The number of nitrogens with one attached hydrogen (secondary N) is 1. The molecule has 0 heterocycles. The van der Waals surface area contributed by atoms with Crippen LogP contribution >= 0.6 is 0 Å². The van der Waals surface area contributed by atoms with Crippen molar-refractivity contribution in [2.24, 2.45) is 0 Å². The average molecular weight is 945 g/mol. The highest BCUT2D eigenvalue weighted by Gasteiger charge is 2.20. The summed E-state index contributed by atoms with van der Waals surface area (Å²) in [6, 6.07) is -0.544. The van der Waals surface area contributed by atoms with E-state index in [9.17, 15) is 19.8 Å². The van der Waals surface area contributed by atoms with Gasteiger partial charge in [-0.2, -0.15) is 0 Å². The first kappa shape index (κ1) is 65.3. The topological polar surface area (TPSA) is 95.9 Å². The fraction of sp³-hybridized carbons (Fsp3) is 0.902. The first-order chi connectivity index (χ1) is 33.0. The molecule has 0 saturated carbocycles. The molecule has 0 bridgehead atoms. The van der Waals surface area contributed by atoms with Crippen LogP contribution in [0.15, 0.2) is 24.3 Å². The summed E-state index contributed by atoms with van der Waals surface area (Å²) in [7, 11) is 0. The van der Waals surface area contributed by atoms with E-state index in [4.69, 9.17) is 4.74 Å². The molecule has 67 heavy (non-hydrogen) atoms. The lowest BCUT2D eigenvalue weighted by Gasteiger charge is -2.22.